The maximum absolute atomic E-state index is 11.8. The maximum Gasteiger partial charge on any atom is 0.328 e. The largest absolute Gasteiger partial charge is 0.481 e. The van der Waals surface area contributed by atoms with Gasteiger partial charge in [-0.05, 0) is 12.8 Å². The van der Waals surface area contributed by atoms with E-state index < -0.39 is 36.4 Å². The van der Waals surface area contributed by atoms with Crippen LogP contribution in [-0.2, 0) is 19.1 Å². The fourth-order valence-electron chi connectivity index (χ4n) is 1.90. The van der Waals surface area contributed by atoms with Crippen molar-refractivity contribution in [3.05, 3.63) is 0 Å². The van der Waals surface area contributed by atoms with E-state index in [1.807, 2.05) is 0 Å². The van der Waals surface area contributed by atoms with E-state index in [0.29, 0.717) is 19.4 Å². The van der Waals surface area contributed by atoms with Crippen molar-refractivity contribution in [2.75, 3.05) is 13.7 Å². The molecule has 1 fully saturated rings. The van der Waals surface area contributed by atoms with Crippen molar-refractivity contribution >= 4 is 17.8 Å². The van der Waals surface area contributed by atoms with Gasteiger partial charge in [-0.1, -0.05) is 0 Å². The van der Waals surface area contributed by atoms with Crippen molar-refractivity contribution in [2.24, 2.45) is 5.73 Å². The van der Waals surface area contributed by atoms with Crippen LogP contribution in [-0.4, -0.2) is 53.6 Å². The lowest BCUT2D eigenvalue weighted by atomic mass is 10.1. The summed E-state index contributed by atoms with van der Waals surface area (Å²) in [5.74, 6) is -2.14. The van der Waals surface area contributed by atoms with Crippen LogP contribution in [0.5, 0.6) is 0 Å². The van der Waals surface area contributed by atoms with Gasteiger partial charge in [0.1, 0.15) is 6.04 Å². The lowest BCUT2D eigenvalue weighted by Gasteiger charge is -2.25. The monoisotopic (exact) mass is 244 g/mol. The molecule has 0 aromatic rings. The Morgan fingerprint density at radius 1 is 1.53 bits per heavy atom. The van der Waals surface area contributed by atoms with E-state index in [0.717, 1.165) is 0 Å². The van der Waals surface area contributed by atoms with Crippen molar-refractivity contribution in [3.63, 3.8) is 0 Å². The van der Waals surface area contributed by atoms with Crippen molar-refractivity contribution in [1.82, 2.24) is 4.90 Å². The van der Waals surface area contributed by atoms with Gasteiger partial charge in [-0.25, -0.2) is 4.79 Å². The first-order valence-electron chi connectivity index (χ1n) is 5.33. The number of ether oxygens (including phenoxy) is 1. The van der Waals surface area contributed by atoms with Gasteiger partial charge in [-0.3, -0.25) is 9.59 Å². The lowest BCUT2D eigenvalue weighted by Crippen LogP contribution is -2.49. The molecule has 2 atom stereocenters. The standard InChI is InChI=1S/C10H16N2O5/c1-17-10(16)7-3-2-4-12(7)9(15)6(11)5-8(13)14/h6-7H,2-5,11H2,1H3,(H,13,14). The Morgan fingerprint density at radius 2 is 2.18 bits per heavy atom. The molecular formula is C10H16N2O5. The average molecular weight is 244 g/mol. The predicted molar refractivity (Wildman–Crippen MR) is 57.0 cm³/mol. The highest BCUT2D eigenvalue weighted by atomic mass is 16.5. The summed E-state index contributed by atoms with van der Waals surface area (Å²) in [5, 5.41) is 8.55. The highest BCUT2D eigenvalue weighted by Crippen LogP contribution is 2.19. The van der Waals surface area contributed by atoms with Crippen LogP contribution in [0.25, 0.3) is 0 Å². The second-order valence-corrected chi connectivity index (χ2v) is 3.92. The van der Waals surface area contributed by atoms with Crippen LogP contribution < -0.4 is 5.73 Å². The molecule has 1 aliphatic heterocycles. The number of carboxylic acid groups (broad SMARTS) is 1. The highest BCUT2D eigenvalue weighted by Gasteiger charge is 2.37. The number of nitrogens with zero attached hydrogens (tertiary/aromatic N) is 1. The Kier molecular flexibility index (Phi) is 4.45. The van der Waals surface area contributed by atoms with Crippen molar-refractivity contribution < 1.29 is 24.2 Å². The molecule has 0 aromatic heterocycles. The molecule has 7 heteroatoms. The molecule has 0 spiro atoms. The molecule has 1 saturated heterocycles. The summed E-state index contributed by atoms with van der Waals surface area (Å²) in [5.41, 5.74) is 5.48. The lowest BCUT2D eigenvalue weighted by molar-refractivity contribution is -0.152. The van der Waals surface area contributed by atoms with Gasteiger partial charge in [0.2, 0.25) is 5.91 Å². The first-order chi connectivity index (χ1) is 7.97. The van der Waals surface area contributed by atoms with Crippen molar-refractivity contribution in [2.45, 2.75) is 31.3 Å². The first kappa shape index (κ1) is 13.4. The normalized spacial score (nSPS) is 21.1. The summed E-state index contributed by atoms with van der Waals surface area (Å²) in [4.78, 5) is 35.0. The minimum atomic E-state index is -1.14. The molecule has 1 amide bonds. The molecule has 1 aliphatic rings. The second-order valence-electron chi connectivity index (χ2n) is 3.92. The molecule has 0 aromatic carbocycles. The third kappa shape index (κ3) is 3.16. The fourth-order valence-corrected chi connectivity index (χ4v) is 1.90. The Balaban J connectivity index is 2.67. The van der Waals surface area contributed by atoms with Gasteiger partial charge in [0.05, 0.1) is 19.6 Å². The Morgan fingerprint density at radius 3 is 2.71 bits per heavy atom. The van der Waals surface area contributed by atoms with Crippen LogP contribution in [0, 0.1) is 0 Å². The van der Waals surface area contributed by atoms with E-state index >= 15 is 0 Å². The Labute approximate surface area is 98.5 Å². The van der Waals surface area contributed by atoms with Crippen LogP contribution in [0.4, 0.5) is 0 Å². The number of amides is 1. The molecule has 1 rings (SSSR count). The minimum absolute atomic E-state index is 0.409. The number of carbonyl (C=O) groups excluding carboxylic acids is 2. The number of methoxy groups -OCH3 is 1. The molecule has 3 N–H and O–H groups in total. The number of carboxylic acids is 1. The van der Waals surface area contributed by atoms with Gasteiger partial charge in [0.25, 0.3) is 0 Å². The number of hydrogen-bond donors (Lipinski definition) is 2. The number of carbonyl (C=O) groups is 3. The first-order valence-corrected chi connectivity index (χ1v) is 5.33. The summed E-state index contributed by atoms with van der Waals surface area (Å²) in [6.07, 6.45) is 0.771. The molecule has 0 bridgehead atoms. The Hall–Kier alpha value is -1.63. The van der Waals surface area contributed by atoms with E-state index in [-0.39, 0.29) is 0 Å². The average Bonchev–Trinajstić information content (AvgIpc) is 2.74. The zero-order chi connectivity index (χ0) is 13.0. The van der Waals surface area contributed by atoms with Gasteiger partial charge in [0, 0.05) is 6.54 Å². The van der Waals surface area contributed by atoms with Gasteiger partial charge >= 0.3 is 11.9 Å². The zero-order valence-corrected chi connectivity index (χ0v) is 9.59. The quantitative estimate of drug-likeness (QED) is 0.611. The second kappa shape index (κ2) is 5.62. The molecule has 7 nitrogen and oxygen atoms in total. The van der Waals surface area contributed by atoms with Gasteiger partial charge in [-0.2, -0.15) is 0 Å². The van der Waals surface area contributed by atoms with Gasteiger partial charge in [0.15, 0.2) is 0 Å². The topological polar surface area (TPSA) is 110 Å². The number of hydrogen-bond acceptors (Lipinski definition) is 5. The van der Waals surface area contributed by atoms with Crippen LogP contribution in [0.15, 0.2) is 0 Å². The van der Waals surface area contributed by atoms with Crippen LogP contribution >= 0.6 is 0 Å². The summed E-state index contributed by atoms with van der Waals surface area (Å²) in [7, 11) is 1.25. The summed E-state index contributed by atoms with van der Waals surface area (Å²) in [6.45, 7) is 0.409. The number of rotatable bonds is 4. The minimum Gasteiger partial charge on any atom is -0.481 e. The SMILES string of the molecule is COC(=O)C1CCCN1C(=O)C(N)CC(=O)O. The summed E-state index contributed by atoms with van der Waals surface area (Å²) in [6, 6.07) is -1.75. The van der Waals surface area contributed by atoms with Gasteiger partial charge < -0.3 is 20.5 Å². The maximum atomic E-state index is 11.8. The molecule has 0 aliphatic carbocycles. The van der Waals surface area contributed by atoms with E-state index in [2.05, 4.69) is 4.74 Å². The number of likely N-dealkylation sites (tertiary alicyclic amines) is 1. The van der Waals surface area contributed by atoms with Crippen molar-refractivity contribution in [1.29, 1.82) is 0 Å². The zero-order valence-electron chi connectivity index (χ0n) is 9.59. The number of esters is 1. The van der Waals surface area contributed by atoms with Crippen LogP contribution in [0.3, 0.4) is 0 Å². The fraction of sp³-hybridized carbons (Fsp3) is 0.700. The van der Waals surface area contributed by atoms with Crippen LogP contribution in [0.2, 0.25) is 0 Å². The molecule has 2 unspecified atom stereocenters. The van der Waals surface area contributed by atoms with E-state index in [9.17, 15) is 14.4 Å². The Bertz CT molecular complexity index is 331. The highest BCUT2D eigenvalue weighted by molar-refractivity contribution is 5.90. The predicted octanol–water partition coefficient (Wildman–Crippen LogP) is -1.05. The third-order valence-electron chi connectivity index (χ3n) is 2.72. The molecule has 96 valence electrons. The van der Waals surface area contributed by atoms with E-state index in [1.54, 1.807) is 0 Å². The van der Waals surface area contributed by atoms with E-state index in [4.69, 9.17) is 10.8 Å². The number of nitrogens with two attached hydrogens (primary N) is 1. The molecule has 1 heterocycles. The van der Waals surface area contributed by atoms with E-state index in [1.165, 1.54) is 12.0 Å². The molecule has 0 saturated carbocycles. The molecule has 17 heavy (non-hydrogen) atoms. The summed E-state index contributed by atoms with van der Waals surface area (Å²) >= 11 is 0. The number of aliphatic carboxylic acids is 1. The van der Waals surface area contributed by atoms with Crippen molar-refractivity contribution in [3.8, 4) is 0 Å². The smallest absolute Gasteiger partial charge is 0.328 e. The van der Waals surface area contributed by atoms with Gasteiger partial charge in [-0.15, -0.1) is 0 Å². The molecule has 0 radical (unpaired) electrons. The molecular weight excluding hydrogens is 228 g/mol. The summed E-state index contributed by atoms with van der Waals surface area (Å²) < 4.78 is 4.59. The van der Waals surface area contributed by atoms with Crippen LogP contribution in [0.1, 0.15) is 19.3 Å². The third-order valence-corrected chi connectivity index (χ3v) is 2.72.